The van der Waals surface area contributed by atoms with E-state index in [0.717, 1.165) is 10.9 Å². The fourth-order valence-corrected chi connectivity index (χ4v) is 1.75. The second-order valence-corrected chi connectivity index (χ2v) is 5.37. The monoisotopic (exact) mass is 237 g/mol. The summed E-state index contributed by atoms with van der Waals surface area (Å²) in [7, 11) is -2.98. The summed E-state index contributed by atoms with van der Waals surface area (Å²) in [6.45, 7) is 0. The van der Waals surface area contributed by atoms with Crippen LogP contribution in [-0.4, -0.2) is 25.4 Å². The maximum Gasteiger partial charge on any atom is 0.229 e. The minimum absolute atomic E-state index is 0.161. The van der Waals surface area contributed by atoms with Crippen molar-refractivity contribution >= 4 is 15.2 Å². The highest BCUT2D eigenvalue weighted by molar-refractivity contribution is 7.95. The first kappa shape index (κ1) is 10.9. The van der Waals surface area contributed by atoms with Crippen molar-refractivity contribution in [2.45, 2.75) is 0 Å². The molecule has 0 amide bonds. The molecule has 2 aromatic rings. The first-order valence-electron chi connectivity index (χ1n) is 4.62. The van der Waals surface area contributed by atoms with Gasteiger partial charge in [-0.2, -0.15) is 0 Å². The van der Waals surface area contributed by atoms with Gasteiger partial charge in [-0.05, 0) is 0 Å². The third kappa shape index (κ3) is 2.71. The Kier molecular flexibility index (Phi) is 2.80. The van der Waals surface area contributed by atoms with E-state index in [2.05, 4.69) is 4.98 Å². The van der Waals surface area contributed by atoms with Gasteiger partial charge in [0, 0.05) is 11.8 Å². The molecule has 1 atom stereocenters. The van der Waals surface area contributed by atoms with Crippen LogP contribution in [0.3, 0.4) is 0 Å². The van der Waals surface area contributed by atoms with Gasteiger partial charge in [-0.1, -0.05) is 30.3 Å². The molecular formula is C11H11NO3S. The molecule has 0 saturated heterocycles. The molecule has 2 rings (SSSR count). The van der Waals surface area contributed by atoms with Gasteiger partial charge >= 0.3 is 0 Å². The molecule has 1 aromatic carbocycles. The van der Waals surface area contributed by atoms with Crippen LogP contribution in [0.25, 0.3) is 11.3 Å². The predicted molar refractivity (Wildman–Crippen MR) is 63.8 cm³/mol. The van der Waals surface area contributed by atoms with E-state index in [1.54, 1.807) is 0 Å². The molecule has 0 radical (unpaired) electrons. The van der Waals surface area contributed by atoms with Crippen molar-refractivity contribution in [1.29, 1.82) is 0 Å². The molecule has 1 N–H and O–H groups in total. The van der Waals surface area contributed by atoms with Gasteiger partial charge in [-0.25, -0.2) is 9.19 Å². The molecule has 1 heterocycles. The van der Waals surface area contributed by atoms with Crippen LogP contribution in [0.2, 0.25) is 0 Å². The number of oxazole rings is 1. The lowest BCUT2D eigenvalue weighted by Gasteiger charge is -1.93. The Morgan fingerprint density at radius 1 is 1.38 bits per heavy atom. The number of nitrogens with zero attached hydrogens (tertiary/aromatic N) is 1. The number of hydrogen-bond donors (Lipinski definition) is 1. The van der Waals surface area contributed by atoms with E-state index in [9.17, 15) is 4.21 Å². The maximum atomic E-state index is 11.1. The van der Waals surface area contributed by atoms with Gasteiger partial charge < -0.3 is 8.97 Å². The van der Waals surface area contributed by atoms with E-state index in [1.165, 1.54) is 12.5 Å². The highest BCUT2D eigenvalue weighted by Gasteiger charge is 2.05. The van der Waals surface area contributed by atoms with Crippen LogP contribution in [0.5, 0.6) is 0 Å². The molecule has 0 aliphatic heterocycles. The maximum absolute atomic E-state index is 11.1. The van der Waals surface area contributed by atoms with Crippen molar-refractivity contribution in [1.82, 2.24) is 4.98 Å². The van der Waals surface area contributed by atoms with Crippen molar-refractivity contribution < 1.29 is 13.2 Å². The molecule has 0 aliphatic rings. The Balaban J connectivity index is 2.38. The lowest BCUT2D eigenvalue weighted by atomic mass is 10.2. The average Bonchev–Trinajstić information content (AvgIpc) is 2.65. The summed E-state index contributed by atoms with van der Waals surface area (Å²) in [5.74, 6) is 0.740. The molecule has 1 aromatic heterocycles. The molecular weight excluding hydrogens is 226 g/mol. The molecule has 1 unspecified atom stereocenters. The summed E-state index contributed by atoms with van der Waals surface area (Å²) >= 11 is 0. The van der Waals surface area contributed by atoms with Gasteiger partial charge in [0.15, 0.2) is 5.76 Å². The third-order valence-electron chi connectivity index (χ3n) is 1.90. The number of benzene rings is 1. The van der Waals surface area contributed by atoms with Crippen LogP contribution in [0.4, 0.5) is 0 Å². The van der Waals surface area contributed by atoms with Crippen molar-refractivity contribution in [3.8, 4) is 11.3 Å². The van der Waals surface area contributed by atoms with E-state index in [0.29, 0.717) is 5.76 Å². The summed E-state index contributed by atoms with van der Waals surface area (Å²) in [6, 6.07) is 9.44. The van der Waals surface area contributed by atoms with Crippen LogP contribution in [0, 0.1) is 0 Å². The van der Waals surface area contributed by atoms with Gasteiger partial charge in [0.25, 0.3) is 0 Å². The predicted octanol–water partition coefficient (Wildman–Crippen LogP) is 1.88. The van der Waals surface area contributed by atoms with Gasteiger partial charge in [-0.3, -0.25) is 0 Å². The summed E-state index contributed by atoms with van der Waals surface area (Å²) in [6.07, 6.45) is 2.74. The second-order valence-electron chi connectivity index (χ2n) is 3.41. The Hall–Kier alpha value is -1.59. The molecule has 16 heavy (non-hydrogen) atoms. The van der Waals surface area contributed by atoms with Crippen molar-refractivity contribution in [3.05, 3.63) is 42.4 Å². The Labute approximate surface area is 93.8 Å². The normalized spacial score (nSPS) is 14.4. The van der Waals surface area contributed by atoms with Gasteiger partial charge in [-0.15, -0.1) is 0 Å². The van der Waals surface area contributed by atoms with Gasteiger partial charge in [0.05, 0.1) is 21.4 Å². The summed E-state index contributed by atoms with van der Waals surface area (Å²) in [5, 5.41) is 1.11. The smallest absolute Gasteiger partial charge is 0.229 e. The zero-order valence-corrected chi connectivity index (χ0v) is 9.48. The third-order valence-corrected chi connectivity index (χ3v) is 2.54. The summed E-state index contributed by atoms with van der Waals surface area (Å²) in [4.78, 5) is 3.92. The zero-order chi connectivity index (χ0) is 11.6. The lowest BCUT2D eigenvalue weighted by molar-refractivity contribution is 0.557. The van der Waals surface area contributed by atoms with E-state index >= 15 is 0 Å². The van der Waals surface area contributed by atoms with Crippen LogP contribution >= 0.6 is 0 Å². The number of hydrogen-bond acceptors (Lipinski definition) is 3. The van der Waals surface area contributed by atoms with Crippen molar-refractivity contribution in [3.63, 3.8) is 0 Å². The second kappa shape index (κ2) is 4.11. The Morgan fingerprint density at radius 2 is 2.06 bits per heavy atom. The minimum Gasteiger partial charge on any atom is -0.436 e. The molecule has 84 valence electrons. The quantitative estimate of drug-likeness (QED) is 0.810. The van der Waals surface area contributed by atoms with Gasteiger partial charge in [0.2, 0.25) is 5.89 Å². The standard InChI is InChI=1S/C11H11NO3S/c1-16(13,14)8-11-12-7-10(15-11)9-5-3-2-4-6-9/h2-8H,1H3,(H,13,14). The van der Waals surface area contributed by atoms with Crippen LogP contribution in [0.15, 0.2) is 40.9 Å². The molecule has 0 fully saturated rings. The van der Waals surface area contributed by atoms with Crippen molar-refractivity contribution in [2.75, 3.05) is 6.26 Å². The average molecular weight is 237 g/mol. The first-order chi connectivity index (χ1) is 7.54. The summed E-state index contributed by atoms with van der Waals surface area (Å²) in [5.41, 5.74) is 0.884. The topological polar surface area (TPSA) is 63.3 Å². The SMILES string of the molecule is CS(=O)(O)=Cc1ncc(-c2ccccc2)o1. The number of aromatic nitrogens is 1. The number of rotatable bonds is 2. The highest BCUT2D eigenvalue weighted by Crippen LogP contribution is 2.18. The fourth-order valence-electron chi connectivity index (χ4n) is 1.27. The lowest BCUT2D eigenvalue weighted by Crippen LogP contribution is -1.99. The van der Waals surface area contributed by atoms with Crippen LogP contribution < -0.4 is 0 Å². The summed E-state index contributed by atoms with van der Waals surface area (Å²) < 4.78 is 25.6. The molecule has 0 bridgehead atoms. The molecule has 0 spiro atoms. The Bertz CT molecular complexity index is 587. The fraction of sp³-hybridized carbons (Fsp3) is 0.0909. The Morgan fingerprint density at radius 3 is 2.69 bits per heavy atom. The molecule has 4 nitrogen and oxygen atoms in total. The van der Waals surface area contributed by atoms with E-state index in [4.69, 9.17) is 8.97 Å². The van der Waals surface area contributed by atoms with Crippen LogP contribution in [0.1, 0.15) is 5.89 Å². The zero-order valence-electron chi connectivity index (χ0n) is 8.66. The van der Waals surface area contributed by atoms with Crippen molar-refractivity contribution in [2.24, 2.45) is 0 Å². The van der Waals surface area contributed by atoms with E-state index in [1.807, 2.05) is 30.3 Å². The van der Waals surface area contributed by atoms with E-state index < -0.39 is 9.80 Å². The molecule has 0 aliphatic carbocycles. The largest absolute Gasteiger partial charge is 0.436 e. The van der Waals surface area contributed by atoms with Crippen LogP contribution in [-0.2, 0) is 9.80 Å². The highest BCUT2D eigenvalue weighted by atomic mass is 32.2. The molecule has 5 heteroatoms. The van der Waals surface area contributed by atoms with Gasteiger partial charge in [0.1, 0.15) is 0 Å². The molecule has 0 saturated carbocycles. The first-order valence-corrected chi connectivity index (χ1v) is 6.61. The minimum atomic E-state index is -2.98. The van der Waals surface area contributed by atoms with E-state index in [-0.39, 0.29) is 5.89 Å².